The predicted molar refractivity (Wildman–Crippen MR) is 141 cm³/mol. The number of primary amides is 1. The second kappa shape index (κ2) is 12.6. The van der Waals surface area contributed by atoms with Gasteiger partial charge in [0.05, 0.1) is 10.9 Å². The van der Waals surface area contributed by atoms with Crippen LogP contribution in [0.2, 0.25) is 25.7 Å². The molecule has 2 heterocycles. The quantitative estimate of drug-likeness (QED) is 0.140. The first-order valence-corrected chi connectivity index (χ1v) is 16.0. The van der Waals surface area contributed by atoms with Crippen molar-refractivity contribution in [3.63, 3.8) is 0 Å². The molecule has 0 radical (unpaired) electrons. The standard InChI is InChI=1S/C25H30F5N5O4Si/c1-40(2,3)10-9-38-14-35-13-16(25(28,29)30)21-19(6-8-32-23(21)35)39-22-17(26)11-15(12-18(22)27)34-24(37)33-7-4-5-20(31)36/h6,8,11-13H,4-5,7,9-10,14H2,1-3H3,(H2,31,36)(H2,33,34,37). The average molecular weight is 588 g/mol. The molecule has 40 heavy (non-hydrogen) atoms. The zero-order chi connectivity index (χ0) is 29.7. The van der Waals surface area contributed by atoms with Gasteiger partial charge in [-0.2, -0.15) is 13.2 Å². The average Bonchev–Trinajstić information content (AvgIpc) is 3.21. The van der Waals surface area contributed by atoms with E-state index in [2.05, 4.69) is 35.3 Å². The molecule has 0 aliphatic rings. The van der Waals surface area contributed by atoms with Crippen LogP contribution in [0.5, 0.6) is 11.5 Å². The molecule has 0 saturated heterocycles. The van der Waals surface area contributed by atoms with E-state index in [0.29, 0.717) is 6.61 Å². The lowest BCUT2D eigenvalue weighted by Crippen LogP contribution is -2.30. The summed E-state index contributed by atoms with van der Waals surface area (Å²) in [7, 11) is -1.42. The molecule has 0 saturated carbocycles. The van der Waals surface area contributed by atoms with Crippen molar-refractivity contribution in [2.24, 2.45) is 5.73 Å². The maximum atomic E-state index is 14.8. The van der Waals surface area contributed by atoms with Crippen LogP contribution in [0.3, 0.4) is 0 Å². The minimum Gasteiger partial charge on any atom is -0.450 e. The number of hydrogen-bond acceptors (Lipinski definition) is 5. The van der Waals surface area contributed by atoms with Gasteiger partial charge in [0.15, 0.2) is 17.4 Å². The zero-order valence-electron chi connectivity index (χ0n) is 22.1. The molecule has 3 aromatic rings. The summed E-state index contributed by atoms with van der Waals surface area (Å²) in [5.41, 5.74) is 3.50. The van der Waals surface area contributed by atoms with Crippen LogP contribution < -0.4 is 21.1 Å². The number of alkyl halides is 3. The molecule has 0 bridgehead atoms. The number of urea groups is 1. The molecule has 4 N–H and O–H groups in total. The van der Waals surface area contributed by atoms with Crippen LogP contribution in [0.4, 0.5) is 32.4 Å². The first kappa shape index (κ1) is 30.8. The number of fused-ring (bicyclic) bond motifs is 1. The number of nitrogens with two attached hydrogens (primary N) is 1. The van der Waals surface area contributed by atoms with E-state index in [9.17, 15) is 31.5 Å². The Hall–Kier alpha value is -3.72. The van der Waals surface area contributed by atoms with Gasteiger partial charge in [0.1, 0.15) is 18.1 Å². The number of amides is 3. The number of carbonyl (C=O) groups is 2. The SMILES string of the molecule is C[Si](C)(C)CCOCn1cc(C(F)(F)F)c2c(Oc3c(F)cc(NC(=O)NCCCC(N)=O)cc3F)ccnc21. The topological polar surface area (TPSA) is 120 Å². The second-order valence-electron chi connectivity index (χ2n) is 10.2. The zero-order valence-corrected chi connectivity index (χ0v) is 23.1. The maximum Gasteiger partial charge on any atom is 0.418 e. The monoisotopic (exact) mass is 587 g/mol. The van der Waals surface area contributed by atoms with E-state index in [4.69, 9.17) is 15.2 Å². The van der Waals surface area contributed by atoms with Gasteiger partial charge in [0.25, 0.3) is 0 Å². The highest BCUT2D eigenvalue weighted by molar-refractivity contribution is 6.76. The smallest absolute Gasteiger partial charge is 0.418 e. The lowest BCUT2D eigenvalue weighted by molar-refractivity contribution is -0.136. The number of benzene rings is 1. The third-order valence-corrected chi connectivity index (χ3v) is 7.31. The third kappa shape index (κ3) is 8.39. The molecular weight excluding hydrogens is 557 g/mol. The number of rotatable bonds is 12. The minimum atomic E-state index is -4.82. The Morgan fingerprint density at radius 1 is 1.15 bits per heavy atom. The van der Waals surface area contributed by atoms with Gasteiger partial charge in [-0.1, -0.05) is 19.6 Å². The van der Waals surface area contributed by atoms with Crippen molar-refractivity contribution in [2.75, 3.05) is 18.5 Å². The molecule has 0 fully saturated rings. The first-order valence-electron chi connectivity index (χ1n) is 12.3. The van der Waals surface area contributed by atoms with Crippen molar-refractivity contribution in [1.82, 2.24) is 14.9 Å². The van der Waals surface area contributed by atoms with Crippen molar-refractivity contribution in [3.05, 3.63) is 47.8 Å². The lowest BCUT2D eigenvalue weighted by atomic mass is 10.2. The fourth-order valence-electron chi connectivity index (χ4n) is 3.61. The molecule has 9 nitrogen and oxygen atoms in total. The Balaban J connectivity index is 1.83. The predicted octanol–water partition coefficient (Wildman–Crippen LogP) is 5.82. The number of hydrogen-bond donors (Lipinski definition) is 3. The molecule has 3 rings (SSSR count). The summed E-state index contributed by atoms with van der Waals surface area (Å²) in [4.78, 5) is 26.7. The molecule has 0 aliphatic heterocycles. The maximum absolute atomic E-state index is 14.8. The fraction of sp³-hybridized carbons (Fsp3) is 0.400. The lowest BCUT2D eigenvalue weighted by Gasteiger charge is -2.15. The van der Waals surface area contributed by atoms with Gasteiger partial charge < -0.3 is 30.4 Å². The van der Waals surface area contributed by atoms with Crippen LogP contribution in [-0.4, -0.2) is 42.7 Å². The van der Waals surface area contributed by atoms with Crippen molar-refractivity contribution in [3.8, 4) is 11.5 Å². The molecule has 15 heteroatoms. The number of aromatic nitrogens is 2. The molecule has 0 atom stereocenters. The van der Waals surface area contributed by atoms with E-state index in [1.54, 1.807) is 0 Å². The third-order valence-electron chi connectivity index (χ3n) is 5.60. The van der Waals surface area contributed by atoms with E-state index in [1.807, 2.05) is 0 Å². The number of pyridine rings is 1. The normalized spacial score (nSPS) is 12.0. The summed E-state index contributed by atoms with van der Waals surface area (Å²) in [6.07, 6.45) is -2.53. The summed E-state index contributed by atoms with van der Waals surface area (Å²) in [5, 5.41) is 4.13. The summed E-state index contributed by atoms with van der Waals surface area (Å²) < 4.78 is 83.5. The van der Waals surface area contributed by atoms with Crippen LogP contribution in [0.1, 0.15) is 18.4 Å². The van der Waals surface area contributed by atoms with Crippen molar-refractivity contribution in [1.29, 1.82) is 0 Å². The van der Waals surface area contributed by atoms with Crippen LogP contribution in [0.15, 0.2) is 30.6 Å². The number of ether oxygens (including phenoxy) is 2. The highest BCUT2D eigenvalue weighted by atomic mass is 28.3. The van der Waals surface area contributed by atoms with Crippen molar-refractivity contribution in [2.45, 2.75) is 51.4 Å². The summed E-state index contributed by atoms with van der Waals surface area (Å²) in [5.74, 6) is -4.51. The van der Waals surface area contributed by atoms with Crippen LogP contribution in [0, 0.1) is 11.6 Å². The number of carbonyl (C=O) groups excluding carboxylic acids is 2. The van der Waals surface area contributed by atoms with Gasteiger partial charge >= 0.3 is 12.2 Å². The molecular formula is C25H30F5N5O4Si. The largest absolute Gasteiger partial charge is 0.450 e. The highest BCUT2D eigenvalue weighted by Crippen LogP contribution is 2.42. The number of halogens is 5. The molecule has 0 aliphatic carbocycles. The highest BCUT2D eigenvalue weighted by Gasteiger charge is 2.37. The van der Waals surface area contributed by atoms with E-state index in [-0.39, 0.29) is 37.5 Å². The Morgan fingerprint density at radius 3 is 2.42 bits per heavy atom. The molecule has 3 amide bonds. The Morgan fingerprint density at radius 2 is 1.82 bits per heavy atom. The summed E-state index contributed by atoms with van der Waals surface area (Å²) >= 11 is 0. The van der Waals surface area contributed by atoms with Crippen LogP contribution in [0.25, 0.3) is 11.0 Å². The van der Waals surface area contributed by atoms with E-state index in [0.717, 1.165) is 41.2 Å². The van der Waals surface area contributed by atoms with Gasteiger partial charge in [-0.15, -0.1) is 0 Å². The van der Waals surface area contributed by atoms with E-state index in [1.165, 1.54) is 0 Å². The van der Waals surface area contributed by atoms with Gasteiger partial charge in [0, 0.05) is 57.9 Å². The summed E-state index contributed by atoms with van der Waals surface area (Å²) in [6.45, 7) is 6.65. The molecule has 2 aromatic heterocycles. The Labute approximate surface area is 227 Å². The minimum absolute atomic E-state index is 0.0446. The van der Waals surface area contributed by atoms with Crippen molar-refractivity contribution >= 4 is 36.7 Å². The van der Waals surface area contributed by atoms with E-state index < -0.39 is 60.3 Å². The second-order valence-corrected chi connectivity index (χ2v) is 15.8. The number of nitrogens with one attached hydrogen (secondary N) is 2. The van der Waals surface area contributed by atoms with Gasteiger partial charge in [-0.3, -0.25) is 4.79 Å². The Kier molecular flexibility index (Phi) is 9.73. The van der Waals surface area contributed by atoms with Crippen molar-refractivity contribution < 1.29 is 41.0 Å². The molecule has 0 spiro atoms. The molecule has 0 unspecified atom stereocenters. The summed E-state index contributed by atoms with van der Waals surface area (Å²) in [6, 6.07) is 2.58. The molecule has 1 aromatic carbocycles. The van der Waals surface area contributed by atoms with Crippen LogP contribution >= 0.6 is 0 Å². The van der Waals surface area contributed by atoms with Gasteiger partial charge in [0.2, 0.25) is 5.91 Å². The van der Waals surface area contributed by atoms with Crippen LogP contribution in [-0.2, 0) is 22.4 Å². The molecule has 218 valence electrons. The first-order chi connectivity index (χ1) is 18.7. The van der Waals surface area contributed by atoms with E-state index >= 15 is 0 Å². The van der Waals surface area contributed by atoms with Gasteiger partial charge in [-0.05, 0) is 18.5 Å². The fourth-order valence-corrected chi connectivity index (χ4v) is 4.36. The number of anilines is 1. The van der Waals surface area contributed by atoms with Gasteiger partial charge in [-0.25, -0.2) is 18.6 Å². The Bertz CT molecular complexity index is 1350. The number of nitrogens with zero attached hydrogens (tertiary/aromatic N) is 2.